The first-order chi connectivity index (χ1) is 5.00. The van der Waals surface area contributed by atoms with Gasteiger partial charge in [-0.2, -0.15) is 18.2 Å². The standard InChI is InChI=1S/C5H5.C3H4NS.Ta/c1-2-4-5-3-1;1-2-5-3-4-1;/h1-5H;1-2H2;/q2*-1;+2. The molecule has 0 N–H and O–H groups in total. The van der Waals surface area contributed by atoms with Crippen LogP contribution >= 0.6 is 11.8 Å². The average Bonchev–Trinajstić information content (AvgIpc) is 2.67. The van der Waals surface area contributed by atoms with Crippen molar-refractivity contribution >= 4 is 17.3 Å². The van der Waals surface area contributed by atoms with Gasteiger partial charge in [0.15, 0.2) is 0 Å². The number of hydrogen-bond acceptors (Lipinski definition) is 2. The van der Waals surface area contributed by atoms with E-state index in [1.54, 1.807) is 11.8 Å². The van der Waals surface area contributed by atoms with Crippen LogP contribution in [0.3, 0.4) is 0 Å². The van der Waals surface area contributed by atoms with E-state index in [1.807, 2.05) is 30.3 Å². The van der Waals surface area contributed by atoms with E-state index in [4.69, 9.17) is 0 Å². The summed E-state index contributed by atoms with van der Waals surface area (Å²) in [5, 5.41) is 0. The van der Waals surface area contributed by atoms with E-state index in [2.05, 4.69) is 10.5 Å². The van der Waals surface area contributed by atoms with Crippen LogP contribution in [0.1, 0.15) is 0 Å². The smallest absolute Gasteiger partial charge is 0.492 e. The van der Waals surface area contributed by atoms with Gasteiger partial charge >= 0.3 is 22.4 Å². The summed E-state index contributed by atoms with van der Waals surface area (Å²) in [6.07, 6.45) is 0. The maximum Gasteiger partial charge on any atom is 2.00 e. The Morgan fingerprint density at radius 3 is 2.27 bits per heavy atom. The number of nitrogens with zero attached hydrogens (tertiary/aromatic N) is 1. The molecule has 0 bridgehead atoms. The van der Waals surface area contributed by atoms with Gasteiger partial charge in [0.2, 0.25) is 0 Å². The Morgan fingerprint density at radius 1 is 1.36 bits per heavy atom. The number of rotatable bonds is 0. The molecular formula is C8H9NSTa. The van der Waals surface area contributed by atoms with Gasteiger partial charge in [-0.05, 0) is 5.75 Å². The summed E-state index contributed by atoms with van der Waals surface area (Å²) in [6.45, 7) is 0.977. The quantitative estimate of drug-likeness (QED) is 0.663. The van der Waals surface area contributed by atoms with Gasteiger partial charge in [-0.25, -0.2) is 12.1 Å². The van der Waals surface area contributed by atoms with Gasteiger partial charge in [0.05, 0.1) is 0 Å². The second-order valence-corrected chi connectivity index (χ2v) is 2.66. The summed E-state index contributed by atoms with van der Waals surface area (Å²) >= 11 is 1.66. The van der Waals surface area contributed by atoms with Crippen molar-refractivity contribution in [2.75, 3.05) is 12.3 Å². The molecule has 0 saturated heterocycles. The van der Waals surface area contributed by atoms with Crippen molar-refractivity contribution in [2.24, 2.45) is 4.99 Å². The second-order valence-electron chi connectivity index (χ2n) is 1.78. The molecule has 1 radical (unpaired) electrons. The molecule has 0 atom stereocenters. The van der Waals surface area contributed by atoms with Crippen molar-refractivity contribution in [1.29, 1.82) is 0 Å². The maximum absolute atomic E-state index is 3.80. The summed E-state index contributed by atoms with van der Waals surface area (Å²) in [7, 11) is 0. The molecule has 3 heteroatoms. The van der Waals surface area contributed by atoms with Crippen molar-refractivity contribution in [3.8, 4) is 0 Å². The fourth-order valence-electron chi connectivity index (χ4n) is 0.549. The van der Waals surface area contributed by atoms with Crippen LogP contribution in [0.5, 0.6) is 0 Å². The third kappa shape index (κ3) is 6.51. The Balaban J connectivity index is 0.000000167. The van der Waals surface area contributed by atoms with Crippen LogP contribution < -0.4 is 0 Å². The van der Waals surface area contributed by atoms with Gasteiger partial charge in [0.1, 0.15) is 0 Å². The Kier molecular flexibility index (Phi) is 8.29. The molecule has 0 saturated carbocycles. The molecule has 0 spiro atoms. The van der Waals surface area contributed by atoms with Crippen molar-refractivity contribution in [1.82, 2.24) is 0 Å². The Morgan fingerprint density at radius 2 is 2.09 bits per heavy atom. The van der Waals surface area contributed by atoms with Gasteiger partial charge in [0.25, 0.3) is 0 Å². The van der Waals surface area contributed by atoms with E-state index in [0.717, 1.165) is 12.3 Å². The summed E-state index contributed by atoms with van der Waals surface area (Å²) in [5.41, 5.74) is 2.76. The Bertz CT molecular complexity index is 149. The molecule has 1 aliphatic heterocycles. The van der Waals surface area contributed by atoms with Crippen LogP contribution in [0.4, 0.5) is 0 Å². The van der Waals surface area contributed by atoms with E-state index in [-0.39, 0.29) is 22.4 Å². The number of thioether (sulfide) groups is 1. The molecule has 0 fully saturated rings. The largest absolute Gasteiger partial charge is 2.00 e. The third-order valence-electron chi connectivity index (χ3n) is 0.990. The zero-order chi connectivity index (χ0) is 7.07. The molecule has 0 aliphatic carbocycles. The van der Waals surface area contributed by atoms with Crippen LogP contribution in [0.2, 0.25) is 0 Å². The van der Waals surface area contributed by atoms with Crippen molar-refractivity contribution in [3.05, 3.63) is 30.3 Å². The first kappa shape index (κ1) is 11.1. The SMILES string of the molecule is [C-]1=NCCS1.[Ta+2].c1cc[cH-]c1. The van der Waals surface area contributed by atoms with Crippen LogP contribution in [0, 0.1) is 0 Å². The molecule has 57 valence electrons. The van der Waals surface area contributed by atoms with Crippen LogP contribution in [0.15, 0.2) is 35.3 Å². The minimum atomic E-state index is 0. The van der Waals surface area contributed by atoms with Gasteiger partial charge in [-0.3, -0.25) is 0 Å². The molecule has 2 rings (SSSR count). The molecule has 1 nitrogen and oxygen atoms in total. The van der Waals surface area contributed by atoms with Crippen molar-refractivity contribution < 1.29 is 22.4 Å². The van der Waals surface area contributed by atoms with E-state index in [1.165, 1.54) is 0 Å². The number of aliphatic imine (C=N–C) groups is 1. The predicted octanol–water partition coefficient (Wildman–Crippen LogP) is 2.04. The first-order valence-corrected chi connectivity index (χ1v) is 4.18. The Labute approximate surface area is 87.2 Å². The zero-order valence-electron chi connectivity index (χ0n) is 6.10. The molecule has 1 aliphatic rings. The second kappa shape index (κ2) is 8.21. The minimum Gasteiger partial charge on any atom is -0.492 e. The van der Waals surface area contributed by atoms with Gasteiger partial charge < -0.3 is 22.3 Å². The van der Waals surface area contributed by atoms with Gasteiger partial charge in [-0.15, -0.1) is 0 Å². The van der Waals surface area contributed by atoms with Gasteiger partial charge in [-0.1, -0.05) is 0 Å². The van der Waals surface area contributed by atoms with Crippen molar-refractivity contribution in [3.63, 3.8) is 0 Å². The molecule has 0 amide bonds. The fourth-order valence-corrected chi connectivity index (χ4v) is 1.01. The van der Waals surface area contributed by atoms with Gasteiger partial charge in [0, 0.05) is 6.54 Å². The summed E-state index contributed by atoms with van der Waals surface area (Å²) in [4.78, 5) is 3.80. The first-order valence-electron chi connectivity index (χ1n) is 3.20. The summed E-state index contributed by atoms with van der Waals surface area (Å²) in [6, 6.07) is 10.0. The minimum absolute atomic E-state index is 0. The normalized spacial score (nSPS) is 13.1. The predicted molar refractivity (Wildman–Crippen MR) is 46.8 cm³/mol. The topological polar surface area (TPSA) is 12.4 Å². The fraction of sp³-hybridized carbons (Fsp3) is 0.250. The third-order valence-corrected chi connectivity index (χ3v) is 1.63. The van der Waals surface area contributed by atoms with Crippen LogP contribution in [0.25, 0.3) is 0 Å². The molecule has 0 unspecified atom stereocenters. The molecule has 0 aromatic heterocycles. The van der Waals surface area contributed by atoms with E-state index < -0.39 is 0 Å². The molecule has 11 heavy (non-hydrogen) atoms. The zero-order valence-corrected chi connectivity index (χ0v) is 10.1. The maximum atomic E-state index is 3.80. The van der Waals surface area contributed by atoms with Crippen LogP contribution in [-0.2, 0) is 22.4 Å². The average molecular weight is 332 g/mol. The van der Waals surface area contributed by atoms with E-state index in [9.17, 15) is 0 Å². The van der Waals surface area contributed by atoms with E-state index >= 15 is 0 Å². The molecule has 1 aromatic rings. The molecule has 1 heterocycles. The van der Waals surface area contributed by atoms with Crippen LogP contribution in [-0.4, -0.2) is 17.8 Å². The molecular weight excluding hydrogens is 323 g/mol. The molecule has 1 aromatic carbocycles. The summed E-state index contributed by atoms with van der Waals surface area (Å²) in [5.74, 6) is 1.14. The Hall–Kier alpha value is 0.110. The number of hydrogen-bond donors (Lipinski definition) is 0. The summed E-state index contributed by atoms with van der Waals surface area (Å²) < 4.78 is 0. The van der Waals surface area contributed by atoms with Crippen molar-refractivity contribution in [2.45, 2.75) is 0 Å². The van der Waals surface area contributed by atoms with E-state index in [0.29, 0.717) is 0 Å². The monoisotopic (exact) mass is 332 g/mol.